The topological polar surface area (TPSA) is 38.8 Å². The van der Waals surface area contributed by atoms with Gasteiger partial charge in [-0.25, -0.2) is 0 Å². The van der Waals surface area contributed by atoms with Crippen molar-refractivity contribution < 1.29 is 14.3 Å². The van der Waals surface area contributed by atoms with Gasteiger partial charge in [0.25, 0.3) is 0 Å². The largest absolute Gasteiger partial charge is 0.493 e. The molecule has 4 heteroatoms. The minimum Gasteiger partial charge on any atom is -0.493 e. The zero-order valence-corrected chi connectivity index (χ0v) is 14.6. The zero-order valence-electron chi connectivity index (χ0n) is 14.6. The summed E-state index contributed by atoms with van der Waals surface area (Å²) in [5.41, 5.74) is 2.56. The molecular weight excluding hydrogens is 290 g/mol. The highest BCUT2D eigenvalue weighted by molar-refractivity contribution is 5.77. The number of ether oxygens (including phenoxy) is 2. The van der Waals surface area contributed by atoms with E-state index in [1.165, 1.54) is 24.0 Å². The summed E-state index contributed by atoms with van der Waals surface area (Å²) in [4.78, 5) is 14.8. The Morgan fingerprint density at radius 1 is 1.22 bits per heavy atom. The Kier molecular flexibility index (Phi) is 4.51. The van der Waals surface area contributed by atoms with Crippen molar-refractivity contribution in [2.24, 2.45) is 11.8 Å². The number of carbonyl (C=O) groups excluding carboxylic acids is 1. The summed E-state index contributed by atoms with van der Waals surface area (Å²) in [6, 6.07) is 4.39. The highest BCUT2D eigenvalue weighted by atomic mass is 16.5. The highest BCUT2D eigenvalue weighted by Crippen LogP contribution is 2.49. The molecular formula is C19H27NO3. The van der Waals surface area contributed by atoms with Crippen molar-refractivity contribution in [1.82, 2.24) is 4.90 Å². The molecule has 0 saturated heterocycles. The molecule has 126 valence electrons. The summed E-state index contributed by atoms with van der Waals surface area (Å²) in [7, 11) is 3.34. The lowest BCUT2D eigenvalue weighted by Crippen LogP contribution is -2.41. The van der Waals surface area contributed by atoms with E-state index in [4.69, 9.17) is 9.47 Å². The number of rotatable bonds is 5. The Morgan fingerprint density at radius 2 is 1.87 bits per heavy atom. The monoisotopic (exact) mass is 317 g/mol. The van der Waals surface area contributed by atoms with Gasteiger partial charge in [-0.05, 0) is 54.4 Å². The third-order valence-corrected chi connectivity index (χ3v) is 4.89. The van der Waals surface area contributed by atoms with Crippen LogP contribution in [-0.2, 0) is 11.2 Å². The average molecular weight is 317 g/mol. The van der Waals surface area contributed by atoms with Crippen molar-refractivity contribution >= 4 is 5.91 Å². The molecule has 1 fully saturated rings. The van der Waals surface area contributed by atoms with Gasteiger partial charge in [0.2, 0.25) is 5.91 Å². The Labute approximate surface area is 138 Å². The van der Waals surface area contributed by atoms with Crippen LogP contribution >= 0.6 is 0 Å². The van der Waals surface area contributed by atoms with Gasteiger partial charge < -0.3 is 14.4 Å². The summed E-state index contributed by atoms with van der Waals surface area (Å²) < 4.78 is 10.9. The lowest BCUT2D eigenvalue weighted by Gasteiger charge is -2.38. The second kappa shape index (κ2) is 6.42. The molecule has 3 rings (SSSR count). The molecule has 1 aromatic rings. The fourth-order valence-corrected chi connectivity index (χ4v) is 3.64. The number of fused-ring (bicyclic) bond motifs is 1. The maximum Gasteiger partial charge on any atom is 0.223 e. The van der Waals surface area contributed by atoms with Crippen LogP contribution in [0.25, 0.3) is 0 Å². The summed E-state index contributed by atoms with van der Waals surface area (Å²) >= 11 is 0. The fraction of sp³-hybridized carbons (Fsp3) is 0.632. The second-order valence-electron chi connectivity index (χ2n) is 7.12. The number of carbonyl (C=O) groups is 1. The van der Waals surface area contributed by atoms with Gasteiger partial charge in [0.15, 0.2) is 11.5 Å². The first-order chi connectivity index (χ1) is 11.0. The van der Waals surface area contributed by atoms with Crippen molar-refractivity contribution in [3.8, 4) is 11.5 Å². The smallest absolute Gasteiger partial charge is 0.223 e. The third kappa shape index (κ3) is 3.17. The SMILES string of the molecule is COc1cc2c(cc1OC)C(C1CC1)N(C(=O)CC(C)C)CC2. The van der Waals surface area contributed by atoms with Crippen molar-refractivity contribution in [2.45, 2.75) is 45.6 Å². The predicted molar refractivity (Wildman–Crippen MR) is 89.9 cm³/mol. The van der Waals surface area contributed by atoms with Crippen LogP contribution in [0.1, 0.15) is 50.3 Å². The van der Waals surface area contributed by atoms with Gasteiger partial charge in [-0.15, -0.1) is 0 Å². The van der Waals surface area contributed by atoms with E-state index in [0.29, 0.717) is 18.3 Å². The van der Waals surface area contributed by atoms with Crippen LogP contribution in [0.3, 0.4) is 0 Å². The molecule has 0 spiro atoms. The summed E-state index contributed by atoms with van der Waals surface area (Å²) in [6.07, 6.45) is 3.95. The third-order valence-electron chi connectivity index (χ3n) is 4.89. The van der Waals surface area contributed by atoms with Gasteiger partial charge in [-0.1, -0.05) is 13.8 Å². The van der Waals surface area contributed by atoms with Crippen LogP contribution in [0, 0.1) is 11.8 Å². The fourth-order valence-electron chi connectivity index (χ4n) is 3.64. The normalized spacial score (nSPS) is 20.4. The zero-order chi connectivity index (χ0) is 16.6. The van der Waals surface area contributed by atoms with Crippen molar-refractivity contribution in [1.29, 1.82) is 0 Å². The van der Waals surface area contributed by atoms with Gasteiger partial charge >= 0.3 is 0 Å². The van der Waals surface area contributed by atoms with Crippen LogP contribution in [0.15, 0.2) is 12.1 Å². The quantitative estimate of drug-likeness (QED) is 0.833. The molecule has 1 amide bonds. The molecule has 4 nitrogen and oxygen atoms in total. The molecule has 1 saturated carbocycles. The molecule has 23 heavy (non-hydrogen) atoms. The van der Waals surface area contributed by atoms with Gasteiger partial charge in [0.1, 0.15) is 0 Å². The number of hydrogen-bond donors (Lipinski definition) is 0. The predicted octanol–water partition coefficient (Wildman–Crippen LogP) is 3.59. The molecule has 2 aliphatic rings. The summed E-state index contributed by atoms with van der Waals surface area (Å²) in [5.74, 6) is 2.83. The number of amides is 1. The Balaban J connectivity index is 1.96. The van der Waals surface area contributed by atoms with Crippen molar-refractivity contribution in [3.63, 3.8) is 0 Å². The molecule has 1 heterocycles. The maximum absolute atomic E-state index is 12.7. The number of benzene rings is 1. The van der Waals surface area contributed by atoms with Crippen molar-refractivity contribution in [2.75, 3.05) is 20.8 Å². The van der Waals surface area contributed by atoms with E-state index >= 15 is 0 Å². The Bertz CT molecular complexity index is 593. The van der Waals surface area contributed by atoms with E-state index in [0.717, 1.165) is 24.5 Å². The minimum atomic E-state index is 0.213. The number of methoxy groups -OCH3 is 2. The lowest BCUT2D eigenvalue weighted by atomic mass is 9.88. The number of hydrogen-bond acceptors (Lipinski definition) is 3. The van der Waals surface area contributed by atoms with Crippen LogP contribution in [0.5, 0.6) is 11.5 Å². The number of nitrogens with zero attached hydrogens (tertiary/aromatic N) is 1. The minimum absolute atomic E-state index is 0.213. The van der Waals surface area contributed by atoms with Crippen LogP contribution in [0.4, 0.5) is 0 Å². The first kappa shape index (κ1) is 16.2. The standard InChI is InChI=1S/C19H27NO3/c1-12(2)9-18(21)20-8-7-14-10-16(22-3)17(23-4)11-15(14)19(20)13-5-6-13/h10-13,19H,5-9H2,1-4H3. The van der Waals surface area contributed by atoms with E-state index in [-0.39, 0.29) is 11.9 Å². The molecule has 0 N–H and O–H groups in total. The summed E-state index contributed by atoms with van der Waals surface area (Å²) in [6.45, 7) is 5.03. The molecule has 1 aliphatic heterocycles. The average Bonchev–Trinajstić information content (AvgIpc) is 3.36. The first-order valence-electron chi connectivity index (χ1n) is 8.59. The van der Waals surface area contributed by atoms with E-state index in [9.17, 15) is 4.79 Å². The lowest BCUT2D eigenvalue weighted by molar-refractivity contribution is -0.135. The van der Waals surface area contributed by atoms with Crippen molar-refractivity contribution in [3.05, 3.63) is 23.3 Å². The Hall–Kier alpha value is -1.71. The van der Waals surface area contributed by atoms with Crippen LogP contribution in [-0.4, -0.2) is 31.6 Å². The van der Waals surface area contributed by atoms with Crippen LogP contribution < -0.4 is 9.47 Å². The molecule has 0 radical (unpaired) electrons. The van der Waals surface area contributed by atoms with E-state index in [2.05, 4.69) is 30.9 Å². The molecule has 1 unspecified atom stereocenters. The Morgan fingerprint density at radius 3 is 2.43 bits per heavy atom. The molecule has 1 aromatic carbocycles. The first-order valence-corrected chi connectivity index (χ1v) is 8.59. The maximum atomic E-state index is 12.7. The molecule has 1 aliphatic carbocycles. The van der Waals surface area contributed by atoms with Gasteiger partial charge in [-0.3, -0.25) is 4.79 Å². The summed E-state index contributed by atoms with van der Waals surface area (Å²) in [5, 5.41) is 0. The molecule has 0 aromatic heterocycles. The molecule has 0 bridgehead atoms. The van der Waals surface area contributed by atoms with Gasteiger partial charge in [-0.2, -0.15) is 0 Å². The van der Waals surface area contributed by atoms with E-state index < -0.39 is 0 Å². The van der Waals surface area contributed by atoms with E-state index in [1.54, 1.807) is 14.2 Å². The highest BCUT2D eigenvalue weighted by Gasteiger charge is 2.41. The van der Waals surface area contributed by atoms with E-state index in [1.807, 2.05) is 0 Å². The second-order valence-corrected chi connectivity index (χ2v) is 7.12. The van der Waals surface area contributed by atoms with Gasteiger partial charge in [0, 0.05) is 13.0 Å². The van der Waals surface area contributed by atoms with Gasteiger partial charge in [0.05, 0.1) is 20.3 Å². The molecule has 1 atom stereocenters. The van der Waals surface area contributed by atoms with Crippen LogP contribution in [0.2, 0.25) is 0 Å².